The van der Waals surface area contributed by atoms with Gasteiger partial charge < -0.3 is 5.11 Å². The van der Waals surface area contributed by atoms with Crippen LogP contribution in [0.25, 0.3) is 0 Å². The van der Waals surface area contributed by atoms with Gasteiger partial charge in [-0.25, -0.2) is 8.42 Å². The van der Waals surface area contributed by atoms with Gasteiger partial charge in [-0.15, -0.1) is 0 Å². The Morgan fingerprint density at radius 1 is 1.50 bits per heavy atom. The number of carboxylic acid groups (broad SMARTS) is 1. The zero-order chi connectivity index (χ0) is 15.5. The highest BCUT2D eigenvalue weighted by atomic mass is 79.9. The number of halogens is 1. The number of aliphatic carboxylic acids is 1. The van der Waals surface area contributed by atoms with Crippen molar-refractivity contribution < 1.29 is 23.2 Å². The van der Waals surface area contributed by atoms with Gasteiger partial charge in [0.05, 0.1) is 10.7 Å². The zero-order valence-electron chi connectivity index (χ0n) is 10.4. The van der Waals surface area contributed by atoms with Crippen LogP contribution in [0.1, 0.15) is 18.9 Å². The molecule has 1 aromatic carbocycles. The van der Waals surface area contributed by atoms with Crippen LogP contribution in [-0.2, 0) is 20.4 Å². The SMILES string of the molecule is CCC(C(=O)O)S(=O)(=O)Cc1ccc([N+](=O)[O-])cc1Br. The van der Waals surface area contributed by atoms with Gasteiger partial charge in [0, 0.05) is 16.6 Å². The summed E-state index contributed by atoms with van der Waals surface area (Å²) in [6.45, 7) is 1.47. The van der Waals surface area contributed by atoms with Crippen molar-refractivity contribution in [1.29, 1.82) is 0 Å². The Balaban J connectivity index is 3.10. The molecule has 9 heteroatoms. The van der Waals surface area contributed by atoms with E-state index in [0.29, 0.717) is 0 Å². The maximum absolute atomic E-state index is 12.0. The Hall–Kier alpha value is -1.48. The maximum Gasteiger partial charge on any atom is 0.321 e. The molecule has 1 unspecified atom stereocenters. The number of hydrogen-bond acceptors (Lipinski definition) is 5. The lowest BCUT2D eigenvalue weighted by Gasteiger charge is -2.12. The van der Waals surface area contributed by atoms with Crippen molar-refractivity contribution in [2.75, 3.05) is 0 Å². The van der Waals surface area contributed by atoms with Crippen molar-refractivity contribution in [2.24, 2.45) is 0 Å². The van der Waals surface area contributed by atoms with Crippen LogP contribution in [0, 0.1) is 10.1 Å². The van der Waals surface area contributed by atoms with Crippen molar-refractivity contribution in [3.05, 3.63) is 38.3 Å². The Morgan fingerprint density at radius 2 is 2.10 bits per heavy atom. The van der Waals surface area contributed by atoms with E-state index < -0.39 is 31.7 Å². The molecule has 1 atom stereocenters. The molecule has 0 aromatic heterocycles. The molecule has 7 nitrogen and oxygen atoms in total. The maximum atomic E-state index is 12.0. The molecule has 0 heterocycles. The van der Waals surface area contributed by atoms with Crippen LogP contribution in [0.2, 0.25) is 0 Å². The summed E-state index contributed by atoms with van der Waals surface area (Å²) in [4.78, 5) is 20.9. The number of sulfone groups is 1. The van der Waals surface area contributed by atoms with Crippen LogP contribution in [0.3, 0.4) is 0 Å². The molecule has 1 aromatic rings. The third-order valence-corrected chi connectivity index (χ3v) is 5.54. The first-order valence-corrected chi connectivity index (χ1v) is 8.07. The number of nitro groups is 1. The molecule has 1 N–H and O–H groups in total. The minimum Gasteiger partial charge on any atom is -0.480 e. The second kappa shape index (κ2) is 6.31. The number of rotatable bonds is 6. The Bertz CT molecular complexity index is 642. The van der Waals surface area contributed by atoms with Crippen molar-refractivity contribution in [3.63, 3.8) is 0 Å². The summed E-state index contributed by atoms with van der Waals surface area (Å²) in [6.07, 6.45) is -0.0394. The minimum absolute atomic E-state index is 0.0394. The molecule has 0 aliphatic heterocycles. The Morgan fingerprint density at radius 3 is 2.50 bits per heavy atom. The largest absolute Gasteiger partial charge is 0.480 e. The van der Waals surface area contributed by atoms with E-state index in [0.717, 1.165) is 0 Å². The highest BCUT2D eigenvalue weighted by Gasteiger charge is 2.31. The fourth-order valence-electron chi connectivity index (χ4n) is 1.67. The lowest BCUT2D eigenvalue weighted by atomic mass is 10.2. The van der Waals surface area contributed by atoms with E-state index >= 15 is 0 Å². The van der Waals surface area contributed by atoms with Crippen LogP contribution in [0.4, 0.5) is 5.69 Å². The lowest BCUT2D eigenvalue weighted by molar-refractivity contribution is -0.384. The highest BCUT2D eigenvalue weighted by Crippen LogP contribution is 2.26. The number of nitrogens with zero attached hydrogens (tertiary/aromatic N) is 1. The van der Waals surface area contributed by atoms with E-state index in [-0.39, 0.29) is 22.1 Å². The predicted octanol–water partition coefficient (Wildman–Crippen LogP) is 2.14. The van der Waals surface area contributed by atoms with Crippen LogP contribution >= 0.6 is 15.9 Å². The van der Waals surface area contributed by atoms with E-state index in [1.165, 1.54) is 25.1 Å². The normalized spacial score (nSPS) is 12.9. The summed E-state index contributed by atoms with van der Waals surface area (Å²) in [5.74, 6) is -1.89. The lowest BCUT2D eigenvalue weighted by Crippen LogP contribution is -2.30. The highest BCUT2D eigenvalue weighted by molar-refractivity contribution is 9.10. The van der Waals surface area contributed by atoms with Gasteiger partial charge in [0.25, 0.3) is 5.69 Å². The molecular formula is C11H12BrNO6S. The van der Waals surface area contributed by atoms with Gasteiger partial charge in [0.15, 0.2) is 15.1 Å². The molecule has 1 rings (SSSR count). The summed E-state index contributed by atoms with van der Waals surface area (Å²) < 4.78 is 24.3. The quantitative estimate of drug-likeness (QED) is 0.609. The van der Waals surface area contributed by atoms with Crippen molar-refractivity contribution in [2.45, 2.75) is 24.3 Å². The molecule has 0 fully saturated rings. The smallest absolute Gasteiger partial charge is 0.321 e. The fourth-order valence-corrected chi connectivity index (χ4v) is 4.06. The first kappa shape index (κ1) is 16.6. The van der Waals surface area contributed by atoms with E-state index in [1.807, 2.05) is 0 Å². The first-order chi connectivity index (χ1) is 9.19. The summed E-state index contributed by atoms with van der Waals surface area (Å²) >= 11 is 3.06. The fraction of sp³-hybridized carbons (Fsp3) is 0.364. The van der Waals surface area contributed by atoms with Gasteiger partial charge >= 0.3 is 5.97 Å². The van der Waals surface area contributed by atoms with Crippen molar-refractivity contribution >= 4 is 37.4 Å². The average Bonchev–Trinajstić information content (AvgIpc) is 2.31. The van der Waals surface area contributed by atoms with E-state index in [4.69, 9.17) is 5.11 Å². The summed E-state index contributed by atoms with van der Waals surface area (Å²) in [6, 6.07) is 3.66. The van der Waals surface area contributed by atoms with Crippen LogP contribution in [0.5, 0.6) is 0 Å². The molecule has 0 saturated heterocycles. The van der Waals surface area contributed by atoms with Crippen molar-refractivity contribution in [1.82, 2.24) is 0 Å². The number of benzene rings is 1. The topological polar surface area (TPSA) is 115 Å². The van der Waals surface area contributed by atoms with Gasteiger partial charge in [-0.05, 0) is 12.0 Å². The van der Waals surface area contributed by atoms with Gasteiger partial charge in [0.2, 0.25) is 0 Å². The molecule has 0 saturated carbocycles. The molecule has 0 amide bonds. The van der Waals surface area contributed by atoms with Gasteiger partial charge in [-0.1, -0.05) is 28.9 Å². The average molecular weight is 366 g/mol. The number of carboxylic acids is 1. The molecule has 0 bridgehead atoms. The summed E-state index contributed by atoms with van der Waals surface area (Å²) in [5.41, 5.74) is 0.110. The molecule has 0 spiro atoms. The van der Waals surface area contributed by atoms with Gasteiger partial charge in [-0.2, -0.15) is 0 Å². The van der Waals surface area contributed by atoms with Gasteiger partial charge in [0.1, 0.15) is 0 Å². The molecular weight excluding hydrogens is 354 g/mol. The molecule has 20 heavy (non-hydrogen) atoms. The van der Waals surface area contributed by atoms with Crippen LogP contribution in [0.15, 0.2) is 22.7 Å². The second-order valence-corrected chi connectivity index (χ2v) is 7.11. The van der Waals surface area contributed by atoms with E-state index in [9.17, 15) is 23.3 Å². The number of nitro benzene ring substituents is 1. The molecule has 0 aliphatic rings. The monoisotopic (exact) mass is 365 g/mol. The van der Waals surface area contributed by atoms with Crippen molar-refractivity contribution in [3.8, 4) is 0 Å². The molecule has 110 valence electrons. The summed E-state index contributed by atoms with van der Waals surface area (Å²) in [7, 11) is -3.88. The number of non-ortho nitro benzene ring substituents is 1. The van der Waals surface area contributed by atoms with E-state index in [2.05, 4.69) is 15.9 Å². The predicted molar refractivity (Wildman–Crippen MR) is 75.1 cm³/mol. The third kappa shape index (κ3) is 3.76. The summed E-state index contributed by atoms with van der Waals surface area (Å²) in [5, 5.41) is 18.0. The standard InChI is InChI=1S/C11H12BrNO6S/c1-2-10(11(14)15)20(18,19)6-7-3-4-8(13(16)17)5-9(7)12/h3-5,10H,2,6H2,1H3,(H,14,15). The number of hydrogen-bond donors (Lipinski definition) is 1. The number of carbonyl (C=O) groups is 1. The Labute approximate surface area is 123 Å². The first-order valence-electron chi connectivity index (χ1n) is 5.56. The molecule has 0 radical (unpaired) electrons. The van der Waals surface area contributed by atoms with Crippen LogP contribution < -0.4 is 0 Å². The second-order valence-electron chi connectivity index (χ2n) is 4.08. The minimum atomic E-state index is -3.88. The molecule has 0 aliphatic carbocycles. The van der Waals surface area contributed by atoms with Crippen LogP contribution in [-0.4, -0.2) is 29.7 Å². The zero-order valence-corrected chi connectivity index (χ0v) is 12.8. The van der Waals surface area contributed by atoms with E-state index in [1.54, 1.807) is 0 Å². The third-order valence-electron chi connectivity index (χ3n) is 2.68. The van der Waals surface area contributed by atoms with Gasteiger partial charge in [-0.3, -0.25) is 14.9 Å². The Kier molecular flexibility index (Phi) is 5.23.